The number of hydrogen-bond acceptors (Lipinski definition) is 1. The summed E-state index contributed by atoms with van der Waals surface area (Å²) in [6.45, 7) is 4.01. The first-order chi connectivity index (χ1) is 5.25. The fourth-order valence-electron chi connectivity index (χ4n) is 1.02. The molecule has 58 valence electrons. The number of halogens is 1. The lowest BCUT2D eigenvalue weighted by Gasteiger charge is -2.01. The molecule has 1 heterocycles. The first kappa shape index (κ1) is 8.28. The van der Waals surface area contributed by atoms with Gasteiger partial charge in [-0.1, -0.05) is 11.6 Å². The van der Waals surface area contributed by atoms with Gasteiger partial charge in [-0.15, -0.1) is 0 Å². The third-order valence-corrected chi connectivity index (χ3v) is 1.76. The topological polar surface area (TPSA) is 12.9 Å². The smallest absolute Gasteiger partial charge is 0.0447 e. The fourth-order valence-corrected chi connectivity index (χ4v) is 1.15. The summed E-state index contributed by atoms with van der Waals surface area (Å²) in [5, 5.41) is 0. The molecule has 1 aromatic rings. The Morgan fingerprint density at radius 2 is 2.18 bits per heavy atom. The normalized spacial score (nSPS) is 10.8. The van der Waals surface area contributed by atoms with Gasteiger partial charge in [0.15, 0.2) is 0 Å². The summed E-state index contributed by atoms with van der Waals surface area (Å²) >= 11 is 5.47. The van der Waals surface area contributed by atoms with E-state index in [4.69, 9.17) is 11.6 Å². The van der Waals surface area contributed by atoms with E-state index in [0.717, 1.165) is 11.3 Å². The Bertz CT molecular complexity index is 259. The minimum atomic E-state index is 1.02. The van der Waals surface area contributed by atoms with Gasteiger partial charge in [0.1, 0.15) is 0 Å². The van der Waals surface area contributed by atoms with E-state index in [1.165, 1.54) is 11.1 Å². The highest BCUT2D eigenvalue weighted by atomic mass is 35.5. The molecule has 11 heavy (non-hydrogen) atoms. The lowest BCUT2D eigenvalue weighted by Crippen LogP contribution is -1.88. The summed E-state index contributed by atoms with van der Waals surface area (Å²) in [4.78, 5) is 4.15. The molecular formula is C9H10ClN. The van der Waals surface area contributed by atoms with Gasteiger partial charge in [-0.25, -0.2) is 0 Å². The zero-order valence-electron chi connectivity index (χ0n) is 6.63. The van der Waals surface area contributed by atoms with Gasteiger partial charge in [-0.2, -0.15) is 0 Å². The third kappa shape index (κ3) is 1.81. The highest BCUT2D eigenvalue weighted by Crippen LogP contribution is 2.12. The molecule has 1 aromatic heterocycles. The zero-order chi connectivity index (χ0) is 8.27. The molecule has 0 amide bonds. The highest BCUT2D eigenvalue weighted by molar-refractivity contribution is 6.27. The molecule has 0 aliphatic heterocycles. The van der Waals surface area contributed by atoms with Gasteiger partial charge >= 0.3 is 0 Å². The average molecular weight is 168 g/mol. The fraction of sp³-hybridized carbons (Fsp3) is 0.222. The predicted molar refractivity (Wildman–Crippen MR) is 48.6 cm³/mol. The van der Waals surface area contributed by atoms with Crippen molar-refractivity contribution < 1.29 is 0 Å². The maximum atomic E-state index is 5.47. The molecule has 0 radical (unpaired) electrons. The summed E-state index contributed by atoms with van der Waals surface area (Å²) in [6.07, 6.45) is 3.66. The standard InChI is InChI=1S/C9H10ClN/c1-7-4-6-11-8(2)9(7)3-5-10/h3-6H,1-2H3/b5-3-. The van der Waals surface area contributed by atoms with E-state index < -0.39 is 0 Å². The lowest BCUT2D eigenvalue weighted by molar-refractivity contribution is 1.16. The second-order valence-electron chi connectivity index (χ2n) is 2.42. The molecule has 0 fully saturated rings. The molecule has 0 N–H and O–H groups in total. The van der Waals surface area contributed by atoms with E-state index in [1.54, 1.807) is 6.20 Å². The van der Waals surface area contributed by atoms with Crippen molar-refractivity contribution in [1.29, 1.82) is 0 Å². The van der Waals surface area contributed by atoms with Gasteiger partial charge in [-0.05, 0) is 37.1 Å². The second-order valence-corrected chi connectivity index (χ2v) is 2.67. The van der Waals surface area contributed by atoms with Crippen LogP contribution in [0.1, 0.15) is 16.8 Å². The molecule has 0 aliphatic rings. The largest absolute Gasteiger partial charge is 0.261 e. The van der Waals surface area contributed by atoms with Crippen molar-refractivity contribution in [2.24, 2.45) is 0 Å². The van der Waals surface area contributed by atoms with Crippen LogP contribution in [0.5, 0.6) is 0 Å². The molecule has 0 saturated heterocycles. The molecule has 0 aliphatic carbocycles. The maximum absolute atomic E-state index is 5.47. The Morgan fingerprint density at radius 1 is 1.45 bits per heavy atom. The van der Waals surface area contributed by atoms with Crippen LogP contribution in [0.25, 0.3) is 6.08 Å². The average Bonchev–Trinajstić information content (AvgIpc) is 1.97. The summed E-state index contributed by atoms with van der Waals surface area (Å²) in [6, 6.07) is 1.97. The van der Waals surface area contributed by atoms with Crippen molar-refractivity contribution in [3.8, 4) is 0 Å². The molecule has 1 rings (SSSR count). The first-order valence-corrected chi connectivity index (χ1v) is 3.88. The number of hydrogen-bond donors (Lipinski definition) is 0. The van der Waals surface area contributed by atoms with Gasteiger partial charge in [0.05, 0.1) is 0 Å². The number of nitrogens with zero attached hydrogens (tertiary/aromatic N) is 1. The number of aryl methyl sites for hydroxylation is 2. The Labute approximate surface area is 71.7 Å². The monoisotopic (exact) mass is 167 g/mol. The number of aromatic nitrogens is 1. The summed E-state index contributed by atoms with van der Waals surface area (Å²) < 4.78 is 0. The molecule has 0 saturated carbocycles. The van der Waals surface area contributed by atoms with Crippen LogP contribution in [0.2, 0.25) is 0 Å². The SMILES string of the molecule is Cc1ccnc(C)c1/C=C\Cl. The van der Waals surface area contributed by atoms with E-state index in [-0.39, 0.29) is 0 Å². The number of rotatable bonds is 1. The van der Waals surface area contributed by atoms with E-state index in [0.29, 0.717) is 0 Å². The van der Waals surface area contributed by atoms with Crippen LogP contribution in [0.3, 0.4) is 0 Å². The Hall–Kier alpha value is -0.820. The van der Waals surface area contributed by atoms with Crippen molar-refractivity contribution in [1.82, 2.24) is 4.98 Å². The van der Waals surface area contributed by atoms with Crippen LogP contribution in [-0.4, -0.2) is 4.98 Å². The molecule has 0 spiro atoms. The van der Waals surface area contributed by atoms with Crippen molar-refractivity contribution in [2.75, 3.05) is 0 Å². The van der Waals surface area contributed by atoms with E-state index in [9.17, 15) is 0 Å². The molecule has 0 aromatic carbocycles. The Morgan fingerprint density at radius 3 is 2.73 bits per heavy atom. The summed E-state index contributed by atoms with van der Waals surface area (Å²) in [7, 11) is 0. The minimum Gasteiger partial charge on any atom is -0.261 e. The van der Waals surface area contributed by atoms with Gasteiger partial charge < -0.3 is 0 Å². The van der Waals surface area contributed by atoms with Crippen LogP contribution < -0.4 is 0 Å². The van der Waals surface area contributed by atoms with Crippen molar-refractivity contribution >= 4 is 17.7 Å². The zero-order valence-corrected chi connectivity index (χ0v) is 7.39. The van der Waals surface area contributed by atoms with Crippen LogP contribution in [0.15, 0.2) is 17.8 Å². The van der Waals surface area contributed by atoms with Crippen molar-refractivity contribution in [3.05, 3.63) is 34.6 Å². The van der Waals surface area contributed by atoms with Crippen molar-refractivity contribution in [3.63, 3.8) is 0 Å². The summed E-state index contributed by atoms with van der Waals surface area (Å²) in [5.41, 5.74) is 4.84. The van der Waals surface area contributed by atoms with Crippen molar-refractivity contribution in [2.45, 2.75) is 13.8 Å². The van der Waals surface area contributed by atoms with Gasteiger partial charge in [0.2, 0.25) is 0 Å². The summed E-state index contributed by atoms with van der Waals surface area (Å²) in [5.74, 6) is 0. The van der Waals surface area contributed by atoms with Gasteiger partial charge in [0, 0.05) is 17.4 Å². The molecule has 0 atom stereocenters. The third-order valence-electron chi connectivity index (χ3n) is 1.64. The van der Waals surface area contributed by atoms with E-state index in [2.05, 4.69) is 4.98 Å². The van der Waals surface area contributed by atoms with E-state index in [1.807, 2.05) is 26.0 Å². The lowest BCUT2D eigenvalue weighted by atomic mass is 10.1. The Kier molecular flexibility index (Phi) is 2.66. The van der Waals surface area contributed by atoms with Crippen LogP contribution in [0.4, 0.5) is 0 Å². The molecule has 2 heteroatoms. The predicted octanol–water partition coefficient (Wildman–Crippen LogP) is 2.91. The first-order valence-electron chi connectivity index (χ1n) is 3.44. The van der Waals surface area contributed by atoms with Gasteiger partial charge in [-0.3, -0.25) is 4.98 Å². The molecular weight excluding hydrogens is 158 g/mol. The van der Waals surface area contributed by atoms with Crippen LogP contribution >= 0.6 is 11.6 Å². The van der Waals surface area contributed by atoms with Crippen LogP contribution in [-0.2, 0) is 0 Å². The van der Waals surface area contributed by atoms with Gasteiger partial charge in [0.25, 0.3) is 0 Å². The second kappa shape index (κ2) is 3.54. The highest BCUT2D eigenvalue weighted by Gasteiger charge is 1.96. The minimum absolute atomic E-state index is 1.02. The quantitative estimate of drug-likeness (QED) is 0.627. The number of pyridine rings is 1. The molecule has 1 nitrogen and oxygen atoms in total. The molecule has 0 unspecified atom stereocenters. The Balaban J connectivity index is 3.20. The van der Waals surface area contributed by atoms with E-state index >= 15 is 0 Å². The maximum Gasteiger partial charge on any atom is 0.0447 e. The van der Waals surface area contributed by atoms with Crippen LogP contribution in [0, 0.1) is 13.8 Å². The molecule has 0 bridgehead atoms.